The lowest BCUT2D eigenvalue weighted by Crippen LogP contribution is -2.41. The first-order valence-electron chi connectivity index (χ1n) is 11.2. The first kappa shape index (κ1) is 19.5. The van der Waals surface area contributed by atoms with Crippen molar-refractivity contribution in [1.29, 1.82) is 0 Å². The predicted octanol–water partition coefficient (Wildman–Crippen LogP) is 5.52. The number of hydrogen-bond acceptors (Lipinski definition) is 2. The quantitative estimate of drug-likeness (QED) is 0.732. The SMILES string of the molecule is CCNC(=O)c1ccc2c(c1)CCC1C2CCC2(C)C(c3cncc(F)c3)=CCC12. The average molecular weight is 405 g/mol. The van der Waals surface area contributed by atoms with Crippen LogP contribution in [0.15, 0.2) is 42.7 Å². The molecule has 0 spiro atoms. The largest absolute Gasteiger partial charge is 0.352 e. The molecule has 5 rings (SSSR count). The van der Waals surface area contributed by atoms with Crippen LogP contribution in [0.25, 0.3) is 5.57 Å². The molecular formula is C26H29FN2O. The van der Waals surface area contributed by atoms with Gasteiger partial charge in [-0.2, -0.15) is 0 Å². The van der Waals surface area contributed by atoms with Crippen molar-refractivity contribution in [2.45, 2.75) is 51.9 Å². The lowest BCUT2D eigenvalue weighted by atomic mass is 9.54. The van der Waals surface area contributed by atoms with Gasteiger partial charge in [-0.05, 0) is 103 Å². The van der Waals surface area contributed by atoms with Gasteiger partial charge in [0.2, 0.25) is 0 Å². The van der Waals surface area contributed by atoms with E-state index in [9.17, 15) is 9.18 Å². The summed E-state index contributed by atoms with van der Waals surface area (Å²) < 4.78 is 13.8. The molecule has 1 aromatic carbocycles. The lowest BCUT2D eigenvalue weighted by molar-refractivity contribution is 0.0884. The zero-order chi connectivity index (χ0) is 20.9. The second-order valence-electron chi connectivity index (χ2n) is 9.39. The number of aryl methyl sites for hydroxylation is 1. The molecule has 0 radical (unpaired) electrons. The standard InChI is InChI=1S/C26H29FN2O/c1-3-29-25(30)17-5-6-20-16(12-17)4-7-22-21(20)10-11-26(2)23(8-9-24(22)26)18-13-19(27)15-28-14-18/h5-6,8,12-15,21-22,24H,3-4,7,9-11H2,1-2H3,(H,29,30). The van der Waals surface area contributed by atoms with Gasteiger partial charge in [0, 0.05) is 18.3 Å². The summed E-state index contributed by atoms with van der Waals surface area (Å²) in [6, 6.07) is 7.95. The van der Waals surface area contributed by atoms with Crippen LogP contribution in [0.3, 0.4) is 0 Å². The van der Waals surface area contributed by atoms with E-state index in [1.54, 1.807) is 6.07 Å². The maximum atomic E-state index is 13.8. The molecule has 0 bridgehead atoms. The minimum Gasteiger partial charge on any atom is -0.352 e. The Labute approximate surface area is 177 Å². The zero-order valence-corrected chi connectivity index (χ0v) is 17.7. The van der Waals surface area contributed by atoms with E-state index in [4.69, 9.17) is 0 Å². The summed E-state index contributed by atoms with van der Waals surface area (Å²) in [6.45, 7) is 4.98. The number of benzene rings is 1. The van der Waals surface area contributed by atoms with Crippen LogP contribution in [-0.4, -0.2) is 17.4 Å². The van der Waals surface area contributed by atoms with Crippen LogP contribution >= 0.6 is 0 Å². The fraction of sp³-hybridized carbons (Fsp3) is 0.462. The topological polar surface area (TPSA) is 42.0 Å². The van der Waals surface area contributed by atoms with Gasteiger partial charge in [0.15, 0.2) is 0 Å². The highest BCUT2D eigenvalue weighted by Gasteiger charge is 2.51. The lowest BCUT2D eigenvalue weighted by Gasteiger charge is -2.50. The van der Waals surface area contributed by atoms with E-state index < -0.39 is 0 Å². The van der Waals surface area contributed by atoms with Gasteiger partial charge in [0.1, 0.15) is 5.82 Å². The highest BCUT2D eigenvalue weighted by molar-refractivity contribution is 5.94. The van der Waals surface area contributed by atoms with Crippen LogP contribution in [0.5, 0.6) is 0 Å². The molecule has 1 aromatic heterocycles. The summed E-state index contributed by atoms with van der Waals surface area (Å²) in [4.78, 5) is 16.3. The van der Waals surface area contributed by atoms with Crippen molar-refractivity contribution in [3.8, 4) is 0 Å². The number of aromatic nitrogens is 1. The molecule has 4 unspecified atom stereocenters. The summed E-state index contributed by atoms with van der Waals surface area (Å²) >= 11 is 0. The van der Waals surface area contributed by atoms with E-state index in [2.05, 4.69) is 35.4 Å². The smallest absolute Gasteiger partial charge is 0.251 e. The summed E-state index contributed by atoms with van der Waals surface area (Å²) in [7, 11) is 0. The number of rotatable bonds is 3. The van der Waals surface area contributed by atoms with Gasteiger partial charge < -0.3 is 5.32 Å². The summed E-state index contributed by atoms with van der Waals surface area (Å²) in [5.74, 6) is 1.55. The van der Waals surface area contributed by atoms with Crippen LogP contribution in [-0.2, 0) is 6.42 Å². The van der Waals surface area contributed by atoms with Crippen molar-refractivity contribution in [2.75, 3.05) is 6.54 Å². The second-order valence-corrected chi connectivity index (χ2v) is 9.39. The molecule has 0 aliphatic heterocycles. The molecule has 0 saturated heterocycles. The van der Waals surface area contributed by atoms with E-state index in [0.29, 0.717) is 24.3 Å². The van der Waals surface area contributed by atoms with Gasteiger partial charge in [-0.15, -0.1) is 0 Å². The molecule has 1 saturated carbocycles. The van der Waals surface area contributed by atoms with Gasteiger partial charge in [-0.3, -0.25) is 9.78 Å². The van der Waals surface area contributed by atoms with E-state index in [1.807, 2.05) is 19.2 Å². The fourth-order valence-corrected chi connectivity index (χ4v) is 6.56. The molecule has 3 nitrogen and oxygen atoms in total. The monoisotopic (exact) mass is 404 g/mol. The second kappa shape index (κ2) is 7.33. The zero-order valence-electron chi connectivity index (χ0n) is 17.7. The number of amides is 1. The molecule has 1 amide bonds. The number of carbonyl (C=O) groups is 1. The normalized spacial score (nSPS) is 29.4. The Bertz CT molecular complexity index is 1030. The Balaban J connectivity index is 1.42. The number of hydrogen-bond donors (Lipinski definition) is 1. The van der Waals surface area contributed by atoms with Crippen LogP contribution in [0.2, 0.25) is 0 Å². The molecule has 4 heteroatoms. The Hall–Kier alpha value is -2.49. The molecule has 3 aliphatic rings. The number of allylic oxidation sites excluding steroid dienone is 2. The third-order valence-corrected chi connectivity index (χ3v) is 7.92. The third-order valence-electron chi connectivity index (χ3n) is 7.92. The summed E-state index contributed by atoms with van der Waals surface area (Å²) in [5, 5.41) is 2.91. The Morgan fingerprint density at radius 1 is 1.27 bits per heavy atom. The minimum atomic E-state index is -0.261. The number of halogens is 1. The van der Waals surface area contributed by atoms with Crippen molar-refractivity contribution in [3.63, 3.8) is 0 Å². The number of fused-ring (bicyclic) bond motifs is 5. The molecule has 1 fully saturated rings. The molecule has 30 heavy (non-hydrogen) atoms. The number of nitrogens with zero attached hydrogens (tertiary/aromatic N) is 1. The van der Waals surface area contributed by atoms with Crippen LogP contribution in [0.4, 0.5) is 4.39 Å². The third kappa shape index (κ3) is 3.00. The first-order valence-corrected chi connectivity index (χ1v) is 11.2. The number of nitrogens with one attached hydrogen (secondary N) is 1. The summed E-state index contributed by atoms with van der Waals surface area (Å²) in [5.41, 5.74) is 5.90. The van der Waals surface area contributed by atoms with E-state index >= 15 is 0 Å². The van der Waals surface area contributed by atoms with Crippen molar-refractivity contribution in [1.82, 2.24) is 10.3 Å². The van der Waals surface area contributed by atoms with Gasteiger partial charge in [0.25, 0.3) is 5.91 Å². The van der Waals surface area contributed by atoms with Gasteiger partial charge in [-0.1, -0.05) is 19.1 Å². The molecule has 2 aromatic rings. The Morgan fingerprint density at radius 2 is 2.13 bits per heavy atom. The maximum absolute atomic E-state index is 13.8. The van der Waals surface area contributed by atoms with Gasteiger partial charge in [0.05, 0.1) is 6.20 Å². The van der Waals surface area contributed by atoms with Crippen LogP contribution < -0.4 is 5.32 Å². The van der Waals surface area contributed by atoms with Crippen molar-refractivity contribution in [3.05, 3.63) is 70.8 Å². The highest BCUT2D eigenvalue weighted by atomic mass is 19.1. The van der Waals surface area contributed by atoms with Crippen molar-refractivity contribution < 1.29 is 9.18 Å². The Morgan fingerprint density at radius 3 is 2.93 bits per heavy atom. The number of pyridine rings is 1. The predicted molar refractivity (Wildman–Crippen MR) is 117 cm³/mol. The highest BCUT2D eigenvalue weighted by Crippen LogP contribution is 2.63. The Kier molecular flexibility index (Phi) is 4.76. The van der Waals surface area contributed by atoms with E-state index in [1.165, 1.54) is 29.3 Å². The number of carbonyl (C=O) groups excluding carboxylic acids is 1. The minimum absolute atomic E-state index is 0.0204. The van der Waals surface area contributed by atoms with Crippen molar-refractivity contribution >= 4 is 11.5 Å². The maximum Gasteiger partial charge on any atom is 0.251 e. The van der Waals surface area contributed by atoms with Crippen molar-refractivity contribution in [2.24, 2.45) is 17.3 Å². The molecule has 1 N–H and O–H groups in total. The van der Waals surface area contributed by atoms with E-state index in [-0.39, 0.29) is 17.1 Å². The van der Waals surface area contributed by atoms with Gasteiger partial charge in [-0.25, -0.2) is 4.39 Å². The molecule has 3 aliphatic carbocycles. The first-order chi connectivity index (χ1) is 14.5. The fourth-order valence-electron chi connectivity index (χ4n) is 6.56. The molecule has 1 heterocycles. The molecular weight excluding hydrogens is 375 g/mol. The van der Waals surface area contributed by atoms with E-state index in [0.717, 1.165) is 36.8 Å². The molecule has 4 atom stereocenters. The summed E-state index contributed by atoms with van der Waals surface area (Å²) in [6.07, 6.45) is 11.0. The average Bonchev–Trinajstić information content (AvgIpc) is 3.10. The van der Waals surface area contributed by atoms with Gasteiger partial charge >= 0.3 is 0 Å². The van der Waals surface area contributed by atoms with Crippen LogP contribution in [0, 0.1) is 23.1 Å². The molecule has 156 valence electrons. The van der Waals surface area contributed by atoms with Crippen LogP contribution in [0.1, 0.15) is 72.5 Å².